The summed E-state index contributed by atoms with van der Waals surface area (Å²) < 4.78 is 18.3. The Labute approximate surface area is 182 Å². The standard InChI is InChI=1S/C22H21FN4O3S/c1-30-18-7-3-2-6-17(18)22(29)27-12-4-5-14(13-27)20-25-26-21(31-20)19(28)24-16-10-8-15(23)9-11-16/h2-3,6-11,14H,4-5,12-13H2,1H3,(H,24,28). The minimum absolute atomic E-state index is 0.0114. The lowest BCUT2D eigenvalue weighted by molar-refractivity contribution is 0.0703. The topological polar surface area (TPSA) is 84.4 Å². The molecule has 1 aromatic heterocycles. The SMILES string of the molecule is COc1ccccc1C(=O)N1CCCC(c2nnc(C(=O)Nc3ccc(F)cc3)s2)C1. The van der Waals surface area contributed by atoms with Crippen molar-refractivity contribution in [3.8, 4) is 5.75 Å². The summed E-state index contributed by atoms with van der Waals surface area (Å²) in [5.74, 6) is -0.294. The van der Waals surface area contributed by atoms with Crippen LogP contribution in [0.5, 0.6) is 5.75 Å². The maximum Gasteiger partial charge on any atom is 0.286 e. The molecule has 7 nitrogen and oxygen atoms in total. The van der Waals surface area contributed by atoms with Crippen LogP contribution in [0, 0.1) is 5.82 Å². The normalized spacial score (nSPS) is 16.1. The molecule has 1 unspecified atom stereocenters. The first-order valence-electron chi connectivity index (χ1n) is 9.88. The molecule has 0 saturated carbocycles. The number of nitrogens with one attached hydrogen (secondary N) is 1. The summed E-state index contributed by atoms with van der Waals surface area (Å²) in [6.45, 7) is 1.16. The fourth-order valence-corrected chi connectivity index (χ4v) is 4.43. The minimum atomic E-state index is -0.395. The predicted octanol–water partition coefficient (Wildman–Crippen LogP) is 3.96. The van der Waals surface area contributed by atoms with Crippen LogP contribution >= 0.6 is 11.3 Å². The van der Waals surface area contributed by atoms with Gasteiger partial charge in [-0.1, -0.05) is 23.5 Å². The smallest absolute Gasteiger partial charge is 0.286 e. The van der Waals surface area contributed by atoms with Crippen LogP contribution < -0.4 is 10.1 Å². The molecule has 3 aromatic rings. The number of rotatable bonds is 5. The molecule has 0 spiro atoms. The first kappa shape index (κ1) is 20.9. The summed E-state index contributed by atoms with van der Waals surface area (Å²) in [5.41, 5.74) is 1.01. The van der Waals surface area contributed by atoms with Crippen molar-refractivity contribution < 1.29 is 18.7 Å². The fraction of sp³-hybridized carbons (Fsp3) is 0.273. The molecule has 9 heteroatoms. The van der Waals surface area contributed by atoms with Gasteiger partial charge in [-0.25, -0.2) is 4.39 Å². The number of para-hydroxylation sites is 1. The third-order valence-corrected chi connectivity index (χ3v) is 6.22. The van der Waals surface area contributed by atoms with E-state index < -0.39 is 5.91 Å². The van der Waals surface area contributed by atoms with Crippen molar-refractivity contribution in [1.82, 2.24) is 15.1 Å². The van der Waals surface area contributed by atoms with Gasteiger partial charge in [0.25, 0.3) is 11.8 Å². The van der Waals surface area contributed by atoms with E-state index in [1.54, 1.807) is 24.1 Å². The maximum absolute atomic E-state index is 13.0. The monoisotopic (exact) mass is 440 g/mol. The van der Waals surface area contributed by atoms with E-state index in [9.17, 15) is 14.0 Å². The van der Waals surface area contributed by atoms with Gasteiger partial charge >= 0.3 is 0 Å². The van der Waals surface area contributed by atoms with Gasteiger partial charge in [0.05, 0.1) is 12.7 Å². The van der Waals surface area contributed by atoms with E-state index in [2.05, 4.69) is 15.5 Å². The molecule has 1 saturated heterocycles. The maximum atomic E-state index is 13.0. The molecule has 4 rings (SSSR count). The quantitative estimate of drug-likeness (QED) is 0.649. The van der Waals surface area contributed by atoms with Crippen molar-refractivity contribution in [2.24, 2.45) is 0 Å². The van der Waals surface area contributed by atoms with E-state index in [4.69, 9.17) is 4.74 Å². The lowest BCUT2D eigenvalue weighted by Gasteiger charge is -2.32. The Morgan fingerprint density at radius 3 is 2.71 bits per heavy atom. The number of nitrogens with zero attached hydrogens (tertiary/aromatic N) is 3. The van der Waals surface area contributed by atoms with Crippen molar-refractivity contribution in [2.75, 3.05) is 25.5 Å². The van der Waals surface area contributed by atoms with Gasteiger partial charge in [0.1, 0.15) is 16.6 Å². The van der Waals surface area contributed by atoms with Crippen molar-refractivity contribution in [2.45, 2.75) is 18.8 Å². The number of hydrogen-bond acceptors (Lipinski definition) is 6. The van der Waals surface area contributed by atoms with Gasteiger partial charge in [-0.05, 0) is 49.2 Å². The average molecular weight is 441 g/mol. The predicted molar refractivity (Wildman–Crippen MR) is 115 cm³/mol. The summed E-state index contributed by atoms with van der Waals surface area (Å²) in [6, 6.07) is 12.7. The Balaban J connectivity index is 1.44. The van der Waals surface area contributed by atoms with Gasteiger partial charge in [0, 0.05) is 24.7 Å². The lowest BCUT2D eigenvalue weighted by Crippen LogP contribution is -2.39. The molecule has 1 aliphatic heterocycles. The Morgan fingerprint density at radius 1 is 1.16 bits per heavy atom. The molecule has 1 aliphatic rings. The molecule has 1 atom stereocenters. The zero-order valence-corrected chi connectivity index (χ0v) is 17.7. The van der Waals surface area contributed by atoms with Crippen molar-refractivity contribution in [3.05, 3.63) is 69.9 Å². The number of anilines is 1. The number of benzene rings is 2. The van der Waals surface area contributed by atoms with Gasteiger partial charge in [0.2, 0.25) is 5.01 Å². The van der Waals surface area contributed by atoms with E-state index in [0.29, 0.717) is 30.1 Å². The molecule has 1 N–H and O–H groups in total. The van der Waals surface area contributed by atoms with Crippen molar-refractivity contribution >= 4 is 28.8 Å². The lowest BCUT2D eigenvalue weighted by atomic mass is 9.98. The summed E-state index contributed by atoms with van der Waals surface area (Å²) in [4.78, 5) is 27.3. The van der Waals surface area contributed by atoms with Crippen LogP contribution in [0.15, 0.2) is 48.5 Å². The first-order chi connectivity index (χ1) is 15.0. The van der Waals surface area contributed by atoms with Crippen LogP contribution in [0.25, 0.3) is 0 Å². The second kappa shape index (κ2) is 9.22. The Bertz CT molecular complexity index is 1090. The number of methoxy groups -OCH3 is 1. The highest BCUT2D eigenvalue weighted by molar-refractivity contribution is 7.13. The number of amides is 2. The molecule has 0 bridgehead atoms. The number of ether oxygens (including phenoxy) is 1. The van der Waals surface area contributed by atoms with Crippen LogP contribution in [0.3, 0.4) is 0 Å². The third-order valence-electron chi connectivity index (χ3n) is 5.13. The van der Waals surface area contributed by atoms with Gasteiger partial charge < -0.3 is 15.0 Å². The van der Waals surface area contributed by atoms with E-state index in [1.807, 2.05) is 12.1 Å². The Kier molecular flexibility index (Phi) is 6.22. The number of carbonyl (C=O) groups is 2. The summed E-state index contributed by atoms with van der Waals surface area (Å²) in [5, 5.41) is 11.9. The summed E-state index contributed by atoms with van der Waals surface area (Å²) in [7, 11) is 1.55. The summed E-state index contributed by atoms with van der Waals surface area (Å²) >= 11 is 1.22. The van der Waals surface area contributed by atoms with Crippen LogP contribution in [0.4, 0.5) is 10.1 Å². The number of halogens is 1. The average Bonchev–Trinajstić information content (AvgIpc) is 3.31. The molecular weight excluding hydrogens is 419 g/mol. The van der Waals surface area contributed by atoms with Crippen molar-refractivity contribution in [1.29, 1.82) is 0 Å². The highest BCUT2D eigenvalue weighted by Gasteiger charge is 2.29. The van der Waals surface area contributed by atoms with Gasteiger partial charge in [-0.3, -0.25) is 9.59 Å². The number of hydrogen-bond donors (Lipinski definition) is 1. The first-order valence-corrected chi connectivity index (χ1v) is 10.7. The molecule has 1 fully saturated rings. The molecule has 0 radical (unpaired) electrons. The van der Waals surface area contributed by atoms with Crippen LogP contribution in [-0.4, -0.2) is 47.1 Å². The molecule has 2 heterocycles. The summed E-state index contributed by atoms with van der Waals surface area (Å²) in [6.07, 6.45) is 1.70. The van der Waals surface area contributed by atoms with Crippen LogP contribution in [-0.2, 0) is 0 Å². The van der Waals surface area contributed by atoms with E-state index in [0.717, 1.165) is 17.8 Å². The fourth-order valence-electron chi connectivity index (χ4n) is 3.56. The van der Waals surface area contributed by atoms with Crippen molar-refractivity contribution in [3.63, 3.8) is 0 Å². The Morgan fingerprint density at radius 2 is 1.94 bits per heavy atom. The highest BCUT2D eigenvalue weighted by Crippen LogP contribution is 2.31. The number of aromatic nitrogens is 2. The molecule has 2 aromatic carbocycles. The second-order valence-corrected chi connectivity index (χ2v) is 8.21. The molecule has 160 valence electrons. The number of carbonyl (C=O) groups excluding carboxylic acids is 2. The number of piperidine rings is 1. The van der Waals surface area contributed by atoms with Gasteiger partial charge in [-0.2, -0.15) is 0 Å². The van der Waals surface area contributed by atoms with Gasteiger partial charge in [0.15, 0.2) is 0 Å². The van der Waals surface area contributed by atoms with Crippen LogP contribution in [0.1, 0.15) is 43.9 Å². The zero-order chi connectivity index (χ0) is 21.8. The third kappa shape index (κ3) is 4.72. The van der Waals surface area contributed by atoms with Gasteiger partial charge in [-0.15, -0.1) is 10.2 Å². The second-order valence-electron chi connectivity index (χ2n) is 7.20. The molecule has 0 aliphatic carbocycles. The largest absolute Gasteiger partial charge is 0.496 e. The van der Waals surface area contributed by atoms with E-state index in [1.165, 1.54) is 35.6 Å². The van der Waals surface area contributed by atoms with E-state index in [-0.39, 0.29) is 22.6 Å². The van der Waals surface area contributed by atoms with Crippen LogP contribution in [0.2, 0.25) is 0 Å². The molecular formula is C22H21FN4O3S. The Hall–Kier alpha value is -3.33. The van der Waals surface area contributed by atoms with E-state index >= 15 is 0 Å². The zero-order valence-electron chi connectivity index (χ0n) is 16.9. The molecule has 31 heavy (non-hydrogen) atoms. The number of likely N-dealkylation sites (tertiary alicyclic amines) is 1. The minimum Gasteiger partial charge on any atom is -0.496 e. The highest BCUT2D eigenvalue weighted by atomic mass is 32.1. The molecule has 2 amide bonds.